The molecule has 0 radical (unpaired) electrons. The number of fused-ring (bicyclic) bond motifs is 1. The van der Waals surface area contributed by atoms with Crippen molar-refractivity contribution in [3.8, 4) is 0 Å². The maximum atomic E-state index is 12.2. The summed E-state index contributed by atoms with van der Waals surface area (Å²) in [7, 11) is 0. The number of pyridine rings is 1. The second-order valence-corrected chi connectivity index (χ2v) is 7.14. The van der Waals surface area contributed by atoms with Gasteiger partial charge < -0.3 is 5.32 Å². The molecule has 22 heavy (non-hydrogen) atoms. The van der Waals surface area contributed by atoms with Gasteiger partial charge in [-0.2, -0.15) is 0 Å². The van der Waals surface area contributed by atoms with Gasteiger partial charge in [-0.25, -0.2) is 9.97 Å². The molecule has 2 heterocycles. The molecule has 2 aromatic heterocycles. The van der Waals surface area contributed by atoms with Crippen molar-refractivity contribution in [3.63, 3.8) is 0 Å². The standard InChI is InChI=1S/C16H15N3OS2/c1-10-9-14(18-13-6-4-3-5-12(10)13)22-11(2)15(20)19-16-17-7-8-21-16/h3-9,11H,1-2H3,(H,17,19,20)/t11-/m1/s1. The maximum Gasteiger partial charge on any atom is 0.239 e. The first-order valence-corrected chi connectivity index (χ1v) is 8.63. The molecule has 0 unspecified atom stereocenters. The molecule has 6 heteroatoms. The number of benzene rings is 1. The summed E-state index contributed by atoms with van der Waals surface area (Å²) in [6, 6.07) is 10.1. The number of thioether (sulfide) groups is 1. The molecule has 0 aliphatic heterocycles. The van der Waals surface area contributed by atoms with E-state index in [2.05, 4.69) is 28.3 Å². The minimum absolute atomic E-state index is 0.0624. The van der Waals surface area contributed by atoms with Crippen LogP contribution in [-0.2, 0) is 4.79 Å². The van der Waals surface area contributed by atoms with Crippen LogP contribution >= 0.6 is 23.1 Å². The topological polar surface area (TPSA) is 54.9 Å². The molecule has 0 spiro atoms. The van der Waals surface area contributed by atoms with Crippen molar-refractivity contribution >= 4 is 45.0 Å². The summed E-state index contributed by atoms with van der Waals surface area (Å²) in [5.41, 5.74) is 2.12. The van der Waals surface area contributed by atoms with Gasteiger partial charge in [0, 0.05) is 17.0 Å². The number of hydrogen-bond donors (Lipinski definition) is 1. The van der Waals surface area contributed by atoms with E-state index in [0.29, 0.717) is 5.13 Å². The van der Waals surface area contributed by atoms with E-state index in [0.717, 1.165) is 15.9 Å². The molecule has 1 atom stereocenters. The van der Waals surface area contributed by atoms with Crippen LogP contribution in [-0.4, -0.2) is 21.1 Å². The number of para-hydroxylation sites is 1. The van der Waals surface area contributed by atoms with Gasteiger partial charge in [-0.1, -0.05) is 30.0 Å². The summed E-state index contributed by atoms with van der Waals surface area (Å²) in [6.07, 6.45) is 1.67. The predicted octanol–water partition coefficient (Wildman–Crippen LogP) is 4.12. The van der Waals surface area contributed by atoms with Gasteiger partial charge in [-0.15, -0.1) is 11.3 Å². The third-order valence-corrected chi connectivity index (χ3v) is 4.94. The zero-order chi connectivity index (χ0) is 15.5. The van der Waals surface area contributed by atoms with Crippen LogP contribution in [0.1, 0.15) is 12.5 Å². The molecule has 3 rings (SSSR count). The van der Waals surface area contributed by atoms with Crippen LogP contribution in [0.15, 0.2) is 46.9 Å². The number of nitrogens with one attached hydrogen (secondary N) is 1. The van der Waals surface area contributed by atoms with E-state index >= 15 is 0 Å². The van der Waals surface area contributed by atoms with E-state index in [1.807, 2.05) is 36.6 Å². The van der Waals surface area contributed by atoms with Crippen LogP contribution in [0, 0.1) is 6.92 Å². The number of aryl methyl sites for hydroxylation is 1. The molecule has 0 aliphatic rings. The number of amides is 1. The van der Waals surface area contributed by atoms with Gasteiger partial charge in [0.25, 0.3) is 0 Å². The lowest BCUT2D eigenvalue weighted by atomic mass is 10.1. The number of hydrogen-bond acceptors (Lipinski definition) is 5. The predicted molar refractivity (Wildman–Crippen MR) is 92.5 cm³/mol. The molecular formula is C16H15N3OS2. The second-order valence-electron chi connectivity index (χ2n) is 4.88. The Balaban J connectivity index is 1.76. The largest absolute Gasteiger partial charge is 0.301 e. The number of nitrogens with zero attached hydrogens (tertiary/aromatic N) is 2. The first-order valence-electron chi connectivity index (χ1n) is 6.87. The number of anilines is 1. The summed E-state index contributed by atoms with van der Waals surface area (Å²) in [4.78, 5) is 20.9. The molecule has 1 amide bonds. The van der Waals surface area contributed by atoms with E-state index in [1.165, 1.54) is 28.7 Å². The Morgan fingerprint density at radius 1 is 1.36 bits per heavy atom. The van der Waals surface area contributed by atoms with Crippen LogP contribution in [0.2, 0.25) is 0 Å². The molecule has 0 fully saturated rings. The maximum absolute atomic E-state index is 12.2. The third-order valence-electron chi connectivity index (χ3n) is 3.23. The summed E-state index contributed by atoms with van der Waals surface area (Å²) >= 11 is 2.87. The van der Waals surface area contributed by atoms with Crippen molar-refractivity contribution in [1.82, 2.24) is 9.97 Å². The van der Waals surface area contributed by atoms with Crippen LogP contribution in [0.5, 0.6) is 0 Å². The Bertz CT molecular complexity index is 802. The van der Waals surface area contributed by atoms with E-state index in [9.17, 15) is 4.79 Å². The molecule has 3 aromatic rings. The number of carbonyl (C=O) groups excluding carboxylic acids is 1. The Morgan fingerprint density at radius 3 is 2.95 bits per heavy atom. The highest BCUT2D eigenvalue weighted by molar-refractivity contribution is 8.00. The van der Waals surface area contributed by atoms with Crippen molar-refractivity contribution in [2.45, 2.75) is 24.1 Å². The Kier molecular flexibility index (Phi) is 4.40. The van der Waals surface area contributed by atoms with Crippen LogP contribution in [0.25, 0.3) is 10.9 Å². The third kappa shape index (κ3) is 3.28. The van der Waals surface area contributed by atoms with Crippen LogP contribution in [0.4, 0.5) is 5.13 Å². The normalized spacial score (nSPS) is 12.3. The Labute approximate surface area is 137 Å². The van der Waals surface area contributed by atoms with Crippen molar-refractivity contribution in [1.29, 1.82) is 0 Å². The van der Waals surface area contributed by atoms with Gasteiger partial charge in [0.2, 0.25) is 5.91 Å². The van der Waals surface area contributed by atoms with Crippen molar-refractivity contribution in [3.05, 3.63) is 47.5 Å². The number of thiazole rings is 1. The SMILES string of the molecule is Cc1cc(S[C@H](C)C(=O)Nc2nccs2)nc2ccccc12. The molecule has 0 bridgehead atoms. The van der Waals surface area contributed by atoms with E-state index in [4.69, 9.17) is 0 Å². The zero-order valence-corrected chi connectivity index (χ0v) is 13.9. The highest BCUT2D eigenvalue weighted by atomic mass is 32.2. The fourth-order valence-electron chi connectivity index (χ4n) is 2.11. The zero-order valence-electron chi connectivity index (χ0n) is 12.2. The van der Waals surface area contributed by atoms with Gasteiger partial charge in [0.1, 0.15) is 0 Å². The van der Waals surface area contributed by atoms with E-state index in [1.54, 1.807) is 6.20 Å². The lowest BCUT2D eigenvalue weighted by Crippen LogP contribution is -2.22. The van der Waals surface area contributed by atoms with Crippen LogP contribution < -0.4 is 5.32 Å². The van der Waals surface area contributed by atoms with Gasteiger partial charge >= 0.3 is 0 Å². The summed E-state index contributed by atoms with van der Waals surface area (Å²) < 4.78 is 0. The Hall–Kier alpha value is -1.92. The monoisotopic (exact) mass is 329 g/mol. The van der Waals surface area contributed by atoms with Crippen molar-refractivity contribution in [2.24, 2.45) is 0 Å². The highest BCUT2D eigenvalue weighted by Crippen LogP contribution is 2.27. The van der Waals surface area contributed by atoms with Crippen molar-refractivity contribution < 1.29 is 4.79 Å². The van der Waals surface area contributed by atoms with Gasteiger partial charge in [0.05, 0.1) is 15.8 Å². The Morgan fingerprint density at radius 2 is 2.18 bits per heavy atom. The lowest BCUT2D eigenvalue weighted by Gasteiger charge is -2.11. The molecule has 112 valence electrons. The number of aromatic nitrogens is 2. The van der Waals surface area contributed by atoms with E-state index in [-0.39, 0.29) is 11.2 Å². The molecule has 1 aromatic carbocycles. The van der Waals surface area contributed by atoms with E-state index < -0.39 is 0 Å². The van der Waals surface area contributed by atoms with Crippen LogP contribution in [0.3, 0.4) is 0 Å². The minimum atomic E-state index is -0.239. The molecule has 4 nitrogen and oxygen atoms in total. The number of rotatable bonds is 4. The summed E-state index contributed by atoms with van der Waals surface area (Å²) in [5.74, 6) is -0.0624. The quantitative estimate of drug-likeness (QED) is 0.732. The van der Waals surface area contributed by atoms with Gasteiger partial charge in [0.15, 0.2) is 5.13 Å². The number of carbonyl (C=O) groups is 1. The smallest absolute Gasteiger partial charge is 0.239 e. The molecular weight excluding hydrogens is 314 g/mol. The fourth-order valence-corrected chi connectivity index (χ4v) is 3.56. The molecule has 0 aliphatic carbocycles. The minimum Gasteiger partial charge on any atom is -0.301 e. The summed E-state index contributed by atoms with van der Waals surface area (Å²) in [5, 5.41) is 7.04. The van der Waals surface area contributed by atoms with Gasteiger partial charge in [-0.05, 0) is 31.5 Å². The average molecular weight is 329 g/mol. The highest BCUT2D eigenvalue weighted by Gasteiger charge is 2.16. The average Bonchev–Trinajstić information content (AvgIpc) is 3.00. The molecule has 1 N–H and O–H groups in total. The lowest BCUT2D eigenvalue weighted by molar-refractivity contribution is -0.115. The first-order chi connectivity index (χ1) is 10.6. The van der Waals surface area contributed by atoms with Gasteiger partial charge in [-0.3, -0.25) is 4.79 Å². The molecule has 0 saturated heterocycles. The second kappa shape index (κ2) is 6.46. The first kappa shape index (κ1) is 15.0. The fraction of sp³-hybridized carbons (Fsp3) is 0.188. The molecule has 0 saturated carbocycles. The van der Waals surface area contributed by atoms with Crippen molar-refractivity contribution in [2.75, 3.05) is 5.32 Å². The summed E-state index contributed by atoms with van der Waals surface area (Å²) in [6.45, 7) is 3.94.